The molecule has 1 aromatic heterocycles. The maximum atomic E-state index is 13.3. The zero-order valence-corrected chi connectivity index (χ0v) is 23.7. The van der Waals surface area contributed by atoms with E-state index >= 15 is 0 Å². The summed E-state index contributed by atoms with van der Waals surface area (Å²) in [5.74, 6) is -1.47. The summed E-state index contributed by atoms with van der Waals surface area (Å²) in [5, 5.41) is 2.77. The van der Waals surface area contributed by atoms with Crippen LogP contribution in [0.2, 0.25) is 0 Å². The number of amides is 1. The number of nitrogens with zero attached hydrogens (tertiary/aromatic N) is 1. The standard InChI is InChI=1S/C29H42N2O9/c1-18-26(40-21-11-6-7-12-21)24(39-20-9-4-5-10-20)14-8-13-22(29(34)38-18)31-28(33)25-27(37-17-36-19(2)32)23(35-3)15-16-30-25/h15-16,18,20-22,24,26H,4-14,17H2,1-3H3,(H,31,33). The number of carbonyl (C=O) groups excluding carboxylic acids is 3. The number of cyclic esters (lactones) is 1. The van der Waals surface area contributed by atoms with Crippen LogP contribution in [0.5, 0.6) is 11.5 Å². The van der Waals surface area contributed by atoms with E-state index in [2.05, 4.69) is 10.3 Å². The van der Waals surface area contributed by atoms with Crippen molar-refractivity contribution in [3.8, 4) is 11.5 Å². The predicted molar refractivity (Wildman–Crippen MR) is 143 cm³/mol. The van der Waals surface area contributed by atoms with Crippen molar-refractivity contribution >= 4 is 17.8 Å². The van der Waals surface area contributed by atoms with Gasteiger partial charge in [0, 0.05) is 19.2 Å². The van der Waals surface area contributed by atoms with Gasteiger partial charge in [-0.2, -0.15) is 0 Å². The van der Waals surface area contributed by atoms with Gasteiger partial charge in [0.1, 0.15) is 18.2 Å². The van der Waals surface area contributed by atoms with E-state index in [1.165, 1.54) is 26.3 Å². The van der Waals surface area contributed by atoms with Crippen molar-refractivity contribution in [1.82, 2.24) is 10.3 Å². The van der Waals surface area contributed by atoms with Crippen LogP contribution in [-0.4, -0.2) is 73.3 Å². The molecule has 3 fully saturated rings. The first-order valence-electron chi connectivity index (χ1n) is 14.5. The second-order valence-corrected chi connectivity index (χ2v) is 10.8. The fourth-order valence-corrected chi connectivity index (χ4v) is 5.72. The number of hydrogen-bond donors (Lipinski definition) is 1. The minimum atomic E-state index is -0.901. The Balaban J connectivity index is 1.48. The van der Waals surface area contributed by atoms with Crippen LogP contribution in [0.25, 0.3) is 0 Å². The third kappa shape index (κ3) is 8.06. The lowest BCUT2D eigenvalue weighted by molar-refractivity contribution is -0.180. The first-order chi connectivity index (χ1) is 19.4. The molecule has 1 N–H and O–H groups in total. The largest absolute Gasteiger partial charge is 0.493 e. The highest BCUT2D eigenvalue weighted by molar-refractivity contribution is 5.98. The van der Waals surface area contributed by atoms with Crippen LogP contribution in [-0.2, 0) is 28.5 Å². The maximum Gasteiger partial charge on any atom is 0.329 e. The molecule has 0 spiro atoms. The lowest BCUT2D eigenvalue weighted by Gasteiger charge is -2.34. The second-order valence-electron chi connectivity index (χ2n) is 10.8. The minimum absolute atomic E-state index is 0.00334. The quantitative estimate of drug-likeness (QED) is 0.331. The van der Waals surface area contributed by atoms with E-state index in [0.29, 0.717) is 19.3 Å². The third-order valence-corrected chi connectivity index (χ3v) is 7.79. The van der Waals surface area contributed by atoms with Gasteiger partial charge in [-0.05, 0) is 51.9 Å². The van der Waals surface area contributed by atoms with E-state index in [9.17, 15) is 14.4 Å². The van der Waals surface area contributed by atoms with Crippen molar-refractivity contribution in [3.05, 3.63) is 18.0 Å². The van der Waals surface area contributed by atoms with Gasteiger partial charge >= 0.3 is 11.9 Å². The molecule has 2 saturated carbocycles. The van der Waals surface area contributed by atoms with E-state index < -0.39 is 36.8 Å². The normalized spacial score (nSPS) is 26.3. The first kappa shape index (κ1) is 30.0. The number of esters is 2. The van der Waals surface area contributed by atoms with Gasteiger partial charge in [0.05, 0.1) is 25.4 Å². The SMILES string of the molecule is COc1ccnc(C(=O)NC2CCCC(OC3CCCC3)C(OC3CCCC3)C(C)OC2=O)c1OCOC(C)=O. The molecule has 4 atom stereocenters. The summed E-state index contributed by atoms with van der Waals surface area (Å²) in [4.78, 5) is 41.9. The van der Waals surface area contributed by atoms with Gasteiger partial charge in [0.15, 0.2) is 17.2 Å². The van der Waals surface area contributed by atoms with Gasteiger partial charge in [0.2, 0.25) is 6.79 Å². The zero-order valence-electron chi connectivity index (χ0n) is 23.7. The van der Waals surface area contributed by atoms with Gasteiger partial charge in [-0.3, -0.25) is 9.59 Å². The summed E-state index contributed by atoms with van der Waals surface area (Å²) in [6.45, 7) is 2.66. The summed E-state index contributed by atoms with van der Waals surface area (Å²) >= 11 is 0. The number of methoxy groups -OCH3 is 1. The number of nitrogens with one attached hydrogen (secondary N) is 1. The average Bonchev–Trinajstić information content (AvgIpc) is 3.64. The highest BCUT2D eigenvalue weighted by Gasteiger charge is 2.39. The summed E-state index contributed by atoms with van der Waals surface area (Å²) in [7, 11) is 1.42. The maximum absolute atomic E-state index is 13.3. The Kier molecular flexibility index (Phi) is 11.0. The molecule has 222 valence electrons. The lowest BCUT2D eigenvalue weighted by atomic mass is 10.0. The van der Waals surface area contributed by atoms with Crippen LogP contribution in [0.1, 0.15) is 95.0 Å². The number of rotatable bonds is 10. The van der Waals surface area contributed by atoms with E-state index in [1.807, 2.05) is 6.92 Å². The number of ether oxygens (including phenoxy) is 6. The molecule has 4 rings (SSSR count). The smallest absolute Gasteiger partial charge is 0.329 e. The Morgan fingerprint density at radius 3 is 2.33 bits per heavy atom. The topological polar surface area (TPSA) is 132 Å². The van der Waals surface area contributed by atoms with E-state index in [1.54, 1.807) is 0 Å². The van der Waals surface area contributed by atoms with Crippen molar-refractivity contribution in [1.29, 1.82) is 0 Å². The van der Waals surface area contributed by atoms with Crippen LogP contribution in [0, 0.1) is 0 Å². The average molecular weight is 563 g/mol. The molecule has 1 saturated heterocycles. The fourth-order valence-electron chi connectivity index (χ4n) is 5.72. The van der Waals surface area contributed by atoms with E-state index in [-0.39, 0.29) is 41.6 Å². The Morgan fingerprint density at radius 1 is 1.00 bits per heavy atom. The molecule has 3 aliphatic rings. The molecule has 4 unspecified atom stereocenters. The van der Waals surface area contributed by atoms with Crippen LogP contribution in [0.4, 0.5) is 0 Å². The first-order valence-corrected chi connectivity index (χ1v) is 14.5. The Bertz CT molecular complexity index is 1010. The number of aromatic nitrogens is 1. The van der Waals surface area contributed by atoms with Crippen LogP contribution in [0.15, 0.2) is 12.3 Å². The zero-order chi connectivity index (χ0) is 28.5. The van der Waals surface area contributed by atoms with E-state index in [4.69, 9.17) is 28.4 Å². The highest BCUT2D eigenvalue weighted by atomic mass is 16.7. The summed E-state index contributed by atoms with van der Waals surface area (Å²) in [6.07, 6.45) is 11.0. The Morgan fingerprint density at radius 2 is 1.68 bits per heavy atom. The van der Waals surface area contributed by atoms with Gasteiger partial charge in [-0.15, -0.1) is 0 Å². The van der Waals surface area contributed by atoms with Crippen molar-refractivity contribution in [2.75, 3.05) is 13.9 Å². The minimum Gasteiger partial charge on any atom is -0.493 e. The van der Waals surface area contributed by atoms with Crippen molar-refractivity contribution < 1.29 is 42.8 Å². The molecule has 1 aromatic rings. The Labute approximate surface area is 235 Å². The third-order valence-electron chi connectivity index (χ3n) is 7.79. The molecule has 11 heteroatoms. The van der Waals surface area contributed by atoms with Gasteiger partial charge in [0.25, 0.3) is 5.91 Å². The Hall–Kier alpha value is -2.92. The molecule has 2 aliphatic carbocycles. The van der Waals surface area contributed by atoms with Crippen molar-refractivity contribution in [2.24, 2.45) is 0 Å². The van der Waals surface area contributed by atoms with E-state index in [0.717, 1.165) is 51.4 Å². The van der Waals surface area contributed by atoms with Crippen LogP contribution < -0.4 is 14.8 Å². The summed E-state index contributed by atoms with van der Waals surface area (Å²) in [5.41, 5.74) is -0.0999. The molecule has 2 heterocycles. The van der Waals surface area contributed by atoms with Crippen molar-refractivity contribution in [3.63, 3.8) is 0 Å². The van der Waals surface area contributed by atoms with Crippen LogP contribution >= 0.6 is 0 Å². The predicted octanol–water partition coefficient (Wildman–Crippen LogP) is 3.86. The molecule has 0 aromatic carbocycles. The summed E-state index contributed by atoms with van der Waals surface area (Å²) in [6, 6.07) is 0.617. The molecule has 1 amide bonds. The van der Waals surface area contributed by atoms with Gasteiger partial charge in [-0.25, -0.2) is 9.78 Å². The molecule has 0 radical (unpaired) electrons. The van der Waals surface area contributed by atoms with Gasteiger partial charge < -0.3 is 33.7 Å². The highest BCUT2D eigenvalue weighted by Crippen LogP contribution is 2.32. The monoisotopic (exact) mass is 562 g/mol. The molecule has 11 nitrogen and oxygen atoms in total. The van der Waals surface area contributed by atoms with Crippen molar-refractivity contribution in [2.45, 2.75) is 121 Å². The molecule has 1 aliphatic heterocycles. The molecule has 40 heavy (non-hydrogen) atoms. The molecular formula is C29H42N2O9. The number of pyridine rings is 1. The number of carbonyl (C=O) groups is 3. The fraction of sp³-hybridized carbons (Fsp3) is 0.724. The number of hydrogen-bond acceptors (Lipinski definition) is 10. The second kappa shape index (κ2) is 14.6. The van der Waals surface area contributed by atoms with Crippen LogP contribution in [0.3, 0.4) is 0 Å². The van der Waals surface area contributed by atoms with Gasteiger partial charge in [-0.1, -0.05) is 25.7 Å². The molecule has 0 bridgehead atoms. The lowest BCUT2D eigenvalue weighted by Crippen LogP contribution is -2.47. The molecular weight excluding hydrogens is 520 g/mol. The summed E-state index contributed by atoms with van der Waals surface area (Å²) < 4.78 is 34.7.